The Hall–Kier alpha value is -1.65. The summed E-state index contributed by atoms with van der Waals surface area (Å²) in [6.45, 7) is 1.14. The third-order valence-electron chi connectivity index (χ3n) is 3.95. The molecule has 0 spiro atoms. The van der Waals surface area contributed by atoms with E-state index in [1.807, 2.05) is 35.2 Å². The second-order valence-electron chi connectivity index (χ2n) is 5.61. The quantitative estimate of drug-likeness (QED) is 0.653. The lowest BCUT2D eigenvalue weighted by Gasteiger charge is -2.27. The zero-order valence-corrected chi connectivity index (χ0v) is 15.8. The number of benzene rings is 2. The van der Waals surface area contributed by atoms with E-state index in [4.69, 9.17) is 11.6 Å². The first kappa shape index (κ1) is 18.7. The molecule has 24 heavy (non-hydrogen) atoms. The lowest BCUT2D eigenvalue weighted by molar-refractivity contribution is 0.100. The van der Waals surface area contributed by atoms with Gasteiger partial charge in [0.2, 0.25) is 0 Å². The van der Waals surface area contributed by atoms with Gasteiger partial charge in [0.15, 0.2) is 5.78 Å². The number of para-hydroxylation sites is 1. The number of carbonyl (C=O) groups is 1. The third-order valence-corrected chi connectivity index (χ3v) is 4.20. The van der Waals surface area contributed by atoms with Crippen molar-refractivity contribution < 1.29 is 4.79 Å². The molecule has 0 aromatic heterocycles. The first-order chi connectivity index (χ1) is 11.2. The van der Waals surface area contributed by atoms with Crippen molar-refractivity contribution in [3.8, 4) is 0 Å². The first-order valence-electron chi connectivity index (χ1n) is 7.89. The molecule has 0 fully saturated rings. The van der Waals surface area contributed by atoms with Crippen LogP contribution >= 0.6 is 28.6 Å². The van der Waals surface area contributed by atoms with Gasteiger partial charge < -0.3 is 4.90 Å². The van der Waals surface area contributed by atoms with E-state index in [-0.39, 0.29) is 22.8 Å². The van der Waals surface area contributed by atoms with E-state index >= 15 is 0 Å². The normalized spacial score (nSPS) is 13.6. The summed E-state index contributed by atoms with van der Waals surface area (Å²) in [7, 11) is 0. The molecule has 5 heteroatoms. The lowest BCUT2D eigenvalue weighted by Crippen LogP contribution is -2.37. The predicted molar refractivity (Wildman–Crippen MR) is 106 cm³/mol. The minimum Gasteiger partial charge on any atom is -0.322 e. The maximum atomic E-state index is 12.6. The number of amidine groups is 1. The highest BCUT2D eigenvalue weighted by atomic mass is 79.9. The van der Waals surface area contributed by atoms with Crippen molar-refractivity contribution in [2.75, 3.05) is 18.0 Å². The number of anilines is 1. The van der Waals surface area contributed by atoms with E-state index in [0.29, 0.717) is 17.1 Å². The highest BCUT2D eigenvalue weighted by molar-refractivity contribution is 8.93. The van der Waals surface area contributed by atoms with Crippen molar-refractivity contribution in [3.63, 3.8) is 0 Å². The summed E-state index contributed by atoms with van der Waals surface area (Å²) in [5.41, 5.74) is 1.68. The number of Topliss-reactive ketones (excluding diaryl/α,β-unsaturated/α-hetero) is 1. The molecule has 1 aliphatic heterocycles. The maximum absolute atomic E-state index is 12.6. The van der Waals surface area contributed by atoms with E-state index in [2.05, 4.69) is 4.99 Å². The minimum atomic E-state index is 0. The van der Waals surface area contributed by atoms with Crippen LogP contribution in [0, 0.1) is 0 Å². The number of aliphatic imine (C=N–C) groups is 1. The van der Waals surface area contributed by atoms with Crippen LogP contribution in [0.15, 0.2) is 59.6 Å². The van der Waals surface area contributed by atoms with Gasteiger partial charge in [0.25, 0.3) is 0 Å². The Balaban J connectivity index is 0.00000208. The molecule has 126 valence electrons. The molecular weight excluding hydrogens is 388 g/mol. The van der Waals surface area contributed by atoms with Gasteiger partial charge in [-0.3, -0.25) is 9.79 Å². The Kier molecular flexibility index (Phi) is 7.00. The Morgan fingerprint density at radius 3 is 2.38 bits per heavy atom. The molecule has 1 aliphatic rings. The standard InChI is InChI=1S/C19H19ClN2O.BrH/c20-16-11-9-15(10-12-16)18(23)14-22(17-6-2-1-3-7-17)19-8-4-5-13-21-19;/h1-3,6-7,9-12H,4-5,8,13-14H2;1H. The van der Waals surface area contributed by atoms with Gasteiger partial charge in [-0.15, -0.1) is 17.0 Å². The van der Waals surface area contributed by atoms with Crippen LogP contribution in [0.3, 0.4) is 0 Å². The molecule has 3 nitrogen and oxygen atoms in total. The van der Waals surface area contributed by atoms with Crippen molar-refractivity contribution in [1.29, 1.82) is 0 Å². The van der Waals surface area contributed by atoms with Crippen LogP contribution in [0.1, 0.15) is 29.6 Å². The van der Waals surface area contributed by atoms with Gasteiger partial charge in [0, 0.05) is 29.2 Å². The monoisotopic (exact) mass is 406 g/mol. The summed E-state index contributed by atoms with van der Waals surface area (Å²) in [6, 6.07) is 17.0. The highest BCUT2D eigenvalue weighted by Crippen LogP contribution is 2.20. The maximum Gasteiger partial charge on any atom is 0.182 e. The molecule has 0 atom stereocenters. The van der Waals surface area contributed by atoms with E-state index in [1.165, 1.54) is 0 Å². The van der Waals surface area contributed by atoms with E-state index in [9.17, 15) is 4.79 Å². The fourth-order valence-electron chi connectivity index (χ4n) is 2.71. The van der Waals surface area contributed by atoms with E-state index < -0.39 is 0 Å². The number of carbonyl (C=O) groups excluding carboxylic acids is 1. The van der Waals surface area contributed by atoms with E-state index in [0.717, 1.165) is 37.3 Å². The lowest BCUT2D eigenvalue weighted by atomic mass is 10.1. The molecule has 0 saturated carbocycles. The van der Waals surface area contributed by atoms with Gasteiger partial charge in [-0.05, 0) is 49.2 Å². The summed E-state index contributed by atoms with van der Waals surface area (Å²) < 4.78 is 0. The van der Waals surface area contributed by atoms with Crippen LogP contribution in [0.5, 0.6) is 0 Å². The largest absolute Gasteiger partial charge is 0.322 e. The van der Waals surface area contributed by atoms with Gasteiger partial charge in [0.05, 0.1) is 6.54 Å². The zero-order chi connectivity index (χ0) is 16.1. The van der Waals surface area contributed by atoms with Gasteiger partial charge in [-0.2, -0.15) is 0 Å². The van der Waals surface area contributed by atoms with Crippen LogP contribution in [-0.2, 0) is 0 Å². The molecule has 2 aromatic carbocycles. The van der Waals surface area contributed by atoms with E-state index in [1.54, 1.807) is 24.3 Å². The fraction of sp³-hybridized carbons (Fsp3) is 0.263. The van der Waals surface area contributed by atoms with Crippen LogP contribution in [-0.4, -0.2) is 24.7 Å². The van der Waals surface area contributed by atoms with Crippen LogP contribution < -0.4 is 4.90 Å². The molecular formula is C19H20BrClN2O. The second kappa shape index (κ2) is 9.00. The fourth-order valence-corrected chi connectivity index (χ4v) is 2.84. The van der Waals surface area contributed by atoms with Gasteiger partial charge in [-0.25, -0.2) is 0 Å². The Bertz CT molecular complexity index is 701. The molecule has 1 heterocycles. The van der Waals surface area contributed by atoms with Crippen LogP contribution in [0.4, 0.5) is 5.69 Å². The van der Waals surface area contributed by atoms with Crippen molar-refractivity contribution in [1.82, 2.24) is 0 Å². The van der Waals surface area contributed by atoms with Crippen LogP contribution in [0.25, 0.3) is 0 Å². The van der Waals surface area contributed by atoms with Crippen LogP contribution in [0.2, 0.25) is 5.02 Å². The Morgan fingerprint density at radius 2 is 1.75 bits per heavy atom. The third kappa shape index (κ3) is 4.68. The van der Waals surface area contributed by atoms with Crippen molar-refractivity contribution in [2.45, 2.75) is 19.3 Å². The van der Waals surface area contributed by atoms with Crippen molar-refractivity contribution in [3.05, 3.63) is 65.2 Å². The highest BCUT2D eigenvalue weighted by Gasteiger charge is 2.19. The number of hydrogen-bond acceptors (Lipinski definition) is 3. The molecule has 0 saturated heterocycles. The van der Waals surface area contributed by atoms with Gasteiger partial charge >= 0.3 is 0 Å². The minimum absolute atomic E-state index is 0. The molecule has 0 bridgehead atoms. The number of halogens is 2. The Labute approximate surface area is 158 Å². The summed E-state index contributed by atoms with van der Waals surface area (Å²) in [5.74, 6) is 1.07. The molecule has 0 aliphatic carbocycles. The number of hydrogen-bond donors (Lipinski definition) is 0. The molecule has 0 radical (unpaired) electrons. The van der Waals surface area contributed by atoms with Crippen molar-refractivity contribution in [2.24, 2.45) is 4.99 Å². The Morgan fingerprint density at radius 1 is 1.04 bits per heavy atom. The van der Waals surface area contributed by atoms with Gasteiger partial charge in [0.1, 0.15) is 5.84 Å². The average molecular weight is 408 g/mol. The summed E-state index contributed by atoms with van der Waals surface area (Å²) in [4.78, 5) is 19.3. The molecule has 2 aromatic rings. The summed E-state index contributed by atoms with van der Waals surface area (Å²) in [6.07, 6.45) is 3.16. The summed E-state index contributed by atoms with van der Waals surface area (Å²) >= 11 is 5.90. The second-order valence-corrected chi connectivity index (χ2v) is 6.04. The first-order valence-corrected chi connectivity index (χ1v) is 8.26. The average Bonchev–Trinajstić information content (AvgIpc) is 2.61. The van der Waals surface area contributed by atoms with Crippen molar-refractivity contribution >= 4 is 45.9 Å². The topological polar surface area (TPSA) is 32.7 Å². The number of rotatable bonds is 4. The molecule has 0 N–H and O–H groups in total. The molecule has 0 amide bonds. The SMILES string of the molecule is Br.O=C(CN(C1=NCCCC1)c1ccccc1)c1ccc(Cl)cc1. The number of nitrogens with zero attached hydrogens (tertiary/aromatic N) is 2. The smallest absolute Gasteiger partial charge is 0.182 e. The number of ketones is 1. The summed E-state index contributed by atoms with van der Waals surface area (Å²) in [5, 5.41) is 0.637. The predicted octanol–water partition coefficient (Wildman–Crippen LogP) is 5.19. The zero-order valence-electron chi connectivity index (χ0n) is 13.3. The molecule has 3 rings (SSSR count). The molecule has 0 unspecified atom stereocenters. The van der Waals surface area contributed by atoms with Gasteiger partial charge in [-0.1, -0.05) is 29.8 Å².